The molecule has 0 amide bonds. The summed E-state index contributed by atoms with van der Waals surface area (Å²) >= 11 is 6.80. The van der Waals surface area contributed by atoms with Crippen molar-refractivity contribution >= 4 is 11.6 Å². The van der Waals surface area contributed by atoms with Crippen LogP contribution < -0.4 is 29.6 Å². The van der Waals surface area contributed by atoms with Crippen molar-refractivity contribution < 1.29 is 18.9 Å². The van der Waals surface area contributed by atoms with Gasteiger partial charge in [0.25, 0.3) is 0 Å². The van der Waals surface area contributed by atoms with Crippen molar-refractivity contribution in [2.45, 2.75) is 45.6 Å². The van der Waals surface area contributed by atoms with E-state index in [9.17, 15) is 5.26 Å². The number of rotatable bonds is 10. The zero-order valence-electron chi connectivity index (χ0n) is 24.8. The van der Waals surface area contributed by atoms with E-state index in [1.54, 1.807) is 6.07 Å². The Hall–Kier alpha value is -4.22. The molecule has 4 aromatic carbocycles. The molecule has 8 heteroatoms. The third-order valence-corrected chi connectivity index (χ3v) is 8.42. The van der Waals surface area contributed by atoms with Gasteiger partial charge in [-0.15, -0.1) is 0 Å². The van der Waals surface area contributed by atoms with E-state index in [0.717, 1.165) is 70.8 Å². The van der Waals surface area contributed by atoms with E-state index in [-0.39, 0.29) is 0 Å². The molecule has 0 spiro atoms. The Labute approximate surface area is 263 Å². The number of benzene rings is 4. The van der Waals surface area contributed by atoms with Crippen molar-refractivity contribution in [2.24, 2.45) is 0 Å². The van der Waals surface area contributed by atoms with E-state index < -0.39 is 0 Å². The van der Waals surface area contributed by atoms with Crippen LogP contribution >= 0.6 is 11.6 Å². The van der Waals surface area contributed by atoms with E-state index in [2.05, 4.69) is 41.8 Å². The number of nitriles is 1. The maximum Gasteiger partial charge on any atom is 0.161 e. The summed E-state index contributed by atoms with van der Waals surface area (Å²) in [5, 5.41) is 16.9. The number of nitrogens with one attached hydrogen (secondary N) is 2. The summed E-state index contributed by atoms with van der Waals surface area (Å²) in [6, 6.07) is 26.1. The van der Waals surface area contributed by atoms with E-state index >= 15 is 0 Å². The Morgan fingerprint density at radius 1 is 0.932 bits per heavy atom. The second-order valence-corrected chi connectivity index (χ2v) is 11.6. The maximum absolute atomic E-state index is 9.31. The van der Waals surface area contributed by atoms with Gasteiger partial charge in [-0.05, 0) is 84.5 Å². The first-order valence-electron chi connectivity index (χ1n) is 15.1. The summed E-state index contributed by atoms with van der Waals surface area (Å²) in [6.45, 7) is 6.51. The maximum atomic E-state index is 9.31. The van der Waals surface area contributed by atoms with Crippen molar-refractivity contribution in [1.29, 1.82) is 5.26 Å². The van der Waals surface area contributed by atoms with Gasteiger partial charge in [0.05, 0.1) is 16.7 Å². The lowest BCUT2D eigenvalue weighted by molar-refractivity contribution is 0.171. The van der Waals surface area contributed by atoms with Gasteiger partial charge in [0.1, 0.15) is 37.9 Å². The number of nitrogens with zero attached hydrogens (tertiary/aromatic N) is 1. The number of hydrogen-bond donors (Lipinski definition) is 2. The van der Waals surface area contributed by atoms with Gasteiger partial charge in [-0.25, -0.2) is 0 Å². The standard InChI is InChI=1S/C36H36ClN3O4/c1-24-28(7-3-9-31(24)27-10-11-33-36(17-27)42-14-13-41-33)23-44-35-18-34(43-22-26-6-2-5-25(15-26)19-38)29(16-32(35)37)20-40-30-8-4-12-39-21-30/h2-3,5-7,9-11,15-18,30,39-40H,4,8,12-14,20-23H2,1H3. The van der Waals surface area contributed by atoms with Crippen LogP contribution in [-0.2, 0) is 19.8 Å². The third-order valence-electron chi connectivity index (χ3n) is 8.13. The van der Waals surface area contributed by atoms with Gasteiger partial charge in [-0.3, -0.25) is 0 Å². The van der Waals surface area contributed by atoms with Crippen molar-refractivity contribution in [3.63, 3.8) is 0 Å². The molecular weight excluding hydrogens is 574 g/mol. The molecule has 1 atom stereocenters. The van der Waals surface area contributed by atoms with Gasteiger partial charge < -0.3 is 29.6 Å². The minimum absolute atomic E-state index is 0.325. The molecule has 7 nitrogen and oxygen atoms in total. The zero-order chi connectivity index (χ0) is 30.3. The van der Waals surface area contributed by atoms with Crippen LogP contribution in [0.2, 0.25) is 5.02 Å². The largest absolute Gasteiger partial charge is 0.488 e. The molecule has 2 aliphatic heterocycles. The Bertz CT molecular complexity index is 1660. The van der Waals surface area contributed by atoms with Crippen molar-refractivity contribution in [3.8, 4) is 40.2 Å². The minimum atomic E-state index is 0.325. The lowest BCUT2D eigenvalue weighted by atomic mass is 9.96. The molecule has 2 N–H and O–H groups in total. The van der Waals surface area contributed by atoms with Crippen LogP contribution in [0.25, 0.3) is 11.1 Å². The highest BCUT2D eigenvalue weighted by molar-refractivity contribution is 6.32. The molecule has 2 heterocycles. The van der Waals surface area contributed by atoms with Crippen LogP contribution in [0.1, 0.15) is 40.7 Å². The molecule has 226 valence electrons. The van der Waals surface area contributed by atoms with Crippen molar-refractivity contribution in [2.75, 3.05) is 26.3 Å². The number of hydrogen-bond acceptors (Lipinski definition) is 7. The normalized spacial score (nSPS) is 15.8. The van der Waals surface area contributed by atoms with E-state index in [1.807, 2.05) is 48.5 Å². The van der Waals surface area contributed by atoms with Crippen molar-refractivity contribution in [3.05, 3.63) is 106 Å². The Kier molecular flexibility index (Phi) is 9.52. The highest BCUT2D eigenvalue weighted by Gasteiger charge is 2.18. The average molecular weight is 610 g/mol. The highest BCUT2D eigenvalue weighted by Crippen LogP contribution is 2.37. The summed E-state index contributed by atoms with van der Waals surface area (Å²) in [6.07, 6.45) is 2.28. The van der Waals surface area contributed by atoms with Gasteiger partial charge in [-0.2, -0.15) is 5.26 Å². The Morgan fingerprint density at radius 3 is 2.61 bits per heavy atom. The first-order valence-corrected chi connectivity index (χ1v) is 15.4. The highest BCUT2D eigenvalue weighted by atomic mass is 35.5. The number of halogens is 1. The van der Waals surface area contributed by atoms with Crippen LogP contribution in [0.5, 0.6) is 23.0 Å². The van der Waals surface area contributed by atoms with Crippen LogP contribution in [0.15, 0.2) is 72.8 Å². The van der Waals surface area contributed by atoms with Crippen molar-refractivity contribution in [1.82, 2.24) is 10.6 Å². The molecule has 6 rings (SSSR count). The van der Waals surface area contributed by atoms with Gasteiger partial charge >= 0.3 is 0 Å². The first-order chi connectivity index (χ1) is 21.6. The summed E-state index contributed by atoms with van der Waals surface area (Å²) in [5.41, 5.74) is 6.83. The summed E-state index contributed by atoms with van der Waals surface area (Å²) in [4.78, 5) is 0. The molecule has 0 saturated carbocycles. The van der Waals surface area contributed by atoms with Gasteiger partial charge in [-0.1, -0.05) is 48.0 Å². The SMILES string of the molecule is Cc1c(COc2cc(OCc3cccc(C#N)c3)c(CNC3CCCNC3)cc2Cl)cccc1-c1ccc2c(c1)OCCO2. The average Bonchev–Trinajstić information content (AvgIpc) is 3.07. The molecule has 1 unspecified atom stereocenters. The monoisotopic (exact) mass is 609 g/mol. The predicted octanol–water partition coefficient (Wildman–Crippen LogP) is 6.96. The molecule has 0 aliphatic carbocycles. The summed E-state index contributed by atoms with van der Waals surface area (Å²) < 4.78 is 24.2. The van der Waals surface area contributed by atoms with Crippen LogP contribution in [-0.4, -0.2) is 32.3 Å². The minimum Gasteiger partial charge on any atom is -0.488 e. The fourth-order valence-electron chi connectivity index (χ4n) is 5.65. The first kappa shape index (κ1) is 29.8. The topological polar surface area (TPSA) is 84.8 Å². The molecule has 4 aromatic rings. The molecule has 2 aliphatic rings. The summed E-state index contributed by atoms with van der Waals surface area (Å²) in [7, 11) is 0. The van der Waals surface area contributed by atoms with E-state index in [1.165, 1.54) is 0 Å². The lowest BCUT2D eigenvalue weighted by Gasteiger charge is -2.24. The number of piperidine rings is 1. The van der Waals surface area contributed by atoms with Crippen LogP contribution in [0, 0.1) is 18.3 Å². The molecule has 0 aromatic heterocycles. The lowest BCUT2D eigenvalue weighted by Crippen LogP contribution is -2.42. The molecule has 0 bridgehead atoms. The van der Waals surface area contributed by atoms with E-state index in [4.69, 9.17) is 30.5 Å². The van der Waals surface area contributed by atoms with Crippen LogP contribution in [0.4, 0.5) is 0 Å². The van der Waals surface area contributed by atoms with Crippen LogP contribution in [0.3, 0.4) is 0 Å². The quantitative estimate of drug-likeness (QED) is 0.201. The fourth-order valence-corrected chi connectivity index (χ4v) is 5.89. The molecule has 1 saturated heterocycles. The molecule has 44 heavy (non-hydrogen) atoms. The predicted molar refractivity (Wildman–Crippen MR) is 172 cm³/mol. The molecule has 1 fully saturated rings. The zero-order valence-corrected chi connectivity index (χ0v) is 25.6. The smallest absolute Gasteiger partial charge is 0.161 e. The van der Waals surface area contributed by atoms with E-state index in [0.29, 0.717) is 61.1 Å². The second kappa shape index (κ2) is 14.0. The van der Waals surface area contributed by atoms with Gasteiger partial charge in [0, 0.05) is 30.8 Å². The number of fused-ring (bicyclic) bond motifs is 1. The third kappa shape index (κ3) is 7.11. The fraction of sp³-hybridized carbons (Fsp3) is 0.306. The Balaban J connectivity index is 1.21. The summed E-state index contributed by atoms with van der Waals surface area (Å²) in [5.74, 6) is 2.80. The molecule has 0 radical (unpaired) electrons. The van der Waals surface area contributed by atoms with Gasteiger partial charge in [0.15, 0.2) is 11.5 Å². The second-order valence-electron chi connectivity index (χ2n) is 11.2. The Morgan fingerprint density at radius 2 is 1.77 bits per heavy atom. The molecular formula is C36H36ClN3O4. The van der Waals surface area contributed by atoms with Gasteiger partial charge in [0.2, 0.25) is 0 Å². The number of ether oxygens (including phenoxy) is 4.